The van der Waals surface area contributed by atoms with E-state index in [0.717, 1.165) is 18.4 Å². The van der Waals surface area contributed by atoms with Gasteiger partial charge in [0.15, 0.2) is 0 Å². The number of carbonyl (C=O) groups is 1. The van der Waals surface area contributed by atoms with Gasteiger partial charge in [-0.2, -0.15) is 5.26 Å². The third-order valence-corrected chi connectivity index (χ3v) is 4.80. The molecule has 0 heterocycles. The molecular weight excluding hydrogens is 246 g/mol. The van der Waals surface area contributed by atoms with Crippen LogP contribution in [-0.2, 0) is 4.79 Å². The Balaban J connectivity index is 2.13. The van der Waals surface area contributed by atoms with Gasteiger partial charge in [0.2, 0.25) is 0 Å². The van der Waals surface area contributed by atoms with E-state index >= 15 is 0 Å². The minimum atomic E-state index is -0.795. The van der Waals surface area contributed by atoms with Gasteiger partial charge < -0.3 is 5.11 Å². The highest BCUT2D eigenvalue weighted by Gasteiger charge is 2.26. The number of carboxylic acids is 1. The highest BCUT2D eigenvalue weighted by atomic mass is 32.2. The van der Waals surface area contributed by atoms with Crippen molar-refractivity contribution in [3.05, 3.63) is 35.4 Å². The molecule has 1 aliphatic rings. The van der Waals surface area contributed by atoms with Crippen molar-refractivity contribution in [1.82, 2.24) is 0 Å². The Labute approximate surface area is 111 Å². The summed E-state index contributed by atoms with van der Waals surface area (Å²) in [4.78, 5) is 11.4. The van der Waals surface area contributed by atoms with Gasteiger partial charge in [-0.25, -0.2) is 0 Å². The molecular formula is C14H15NO2S. The number of nitriles is 1. The fourth-order valence-corrected chi connectivity index (χ4v) is 3.65. The van der Waals surface area contributed by atoms with Crippen LogP contribution in [0, 0.1) is 11.3 Å². The first-order valence-corrected chi connectivity index (χ1v) is 7.03. The molecule has 0 saturated heterocycles. The lowest BCUT2D eigenvalue weighted by Crippen LogP contribution is -2.11. The molecule has 0 spiro atoms. The van der Waals surface area contributed by atoms with Crippen LogP contribution in [0.5, 0.6) is 0 Å². The summed E-state index contributed by atoms with van der Waals surface area (Å²) in [5.74, 6) is -0.795. The molecule has 1 fully saturated rings. The molecule has 18 heavy (non-hydrogen) atoms. The Morgan fingerprint density at radius 1 is 1.33 bits per heavy atom. The van der Waals surface area contributed by atoms with Gasteiger partial charge in [-0.15, -0.1) is 11.8 Å². The van der Waals surface area contributed by atoms with Crippen molar-refractivity contribution in [3.8, 4) is 6.07 Å². The quantitative estimate of drug-likeness (QED) is 0.902. The molecule has 1 aromatic rings. The van der Waals surface area contributed by atoms with Gasteiger partial charge in [-0.3, -0.25) is 4.79 Å². The summed E-state index contributed by atoms with van der Waals surface area (Å²) in [6, 6.07) is 8.90. The number of hydrogen-bond acceptors (Lipinski definition) is 3. The van der Waals surface area contributed by atoms with Gasteiger partial charge in [-0.1, -0.05) is 25.0 Å². The number of thioether (sulfide) groups is 1. The van der Waals surface area contributed by atoms with Crippen LogP contribution in [-0.4, -0.2) is 16.3 Å². The van der Waals surface area contributed by atoms with Gasteiger partial charge in [0.1, 0.15) is 5.25 Å². The topological polar surface area (TPSA) is 61.1 Å². The largest absolute Gasteiger partial charge is 0.480 e. The molecule has 0 bridgehead atoms. The van der Waals surface area contributed by atoms with Crippen molar-refractivity contribution in [2.24, 2.45) is 0 Å². The van der Waals surface area contributed by atoms with Crippen LogP contribution < -0.4 is 0 Å². The predicted molar refractivity (Wildman–Crippen MR) is 71.4 cm³/mol. The summed E-state index contributed by atoms with van der Waals surface area (Å²) in [5.41, 5.74) is 1.34. The van der Waals surface area contributed by atoms with Gasteiger partial charge in [0, 0.05) is 5.25 Å². The maximum atomic E-state index is 11.4. The zero-order chi connectivity index (χ0) is 13.0. The van der Waals surface area contributed by atoms with Crippen molar-refractivity contribution in [3.63, 3.8) is 0 Å². The average Bonchev–Trinajstić information content (AvgIpc) is 2.89. The molecule has 1 aromatic carbocycles. The fourth-order valence-electron chi connectivity index (χ4n) is 2.23. The smallest absolute Gasteiger partial charge is 0.321 e. The SMILES string of the molecule is N#Cc1ccc([C@H](SC2CCCC2)C(=O)O)cc1. The molecule has 0 aromatic heterocycles. The van der Waals surface area contributed by atoms with E-state index in [4.69, 9.17) is 5.26 Å². The van der Waals surface area contributed by atoms with Gasteiger partial charge >= 0.3 is 5.97 Å². The minimum absolute atomic E-state index is 0.460. The monoisotopic (exact) mass is 261 g/mol. The number of benzene rings is 1. The van der Waals surface area contributed by atoms with Crippen LogP contribution in [0.2, 0.25) is 0 Å². The summed E-state index contributed by atoms with van der Waals surface area (Å²) in [6.45, 7) is 0. The van der Waals surface area contributed by atoms with Crippen LogP contribution >= 0.6 is 11.8 Å². The zero-order valence-corrected chi connectivity index (χ0v) is 10.8. The lowest BCUT2D eigenvalue weighted by molar-refractivity contribution is -0.136. The zero-order valence-electron chi connectivity index (χ0n) is 10.0. The summed E-state index contributed by atoms with van der Waals surface area (Å²) in [6.07, 6.45) is 4.64. The molecule has 1 atom stereocenters. The highest BCUT2D eigenvalue weighted by molar-refractivity contribution is 8.00. The third kappa shape index (κ3) is 3.05. The van der Waals surface area contributed by atoms with E-state index in [9.17, 15) is 9.90 Å². The molecule has 2 rings (SSSR count). The summed E-state index contributed by atoms with van der Waals surface area (Å²) >= 11 is 1.54. The second kappa shape index (κ2) is 5.92. The van der Waals surface area contributed by atoms with E-state index in [1.54, 1.807) is 36.0 Å². The van der Waals surface area contributed by atoms with Crippen molar-refractivity contribution >= 4 is 17.7 Å². The van der Waals surface area contributed by atoms with Crippen LogP contribution in [0.1, 0.15) is 42.1 Å². The standard InChI is InChI=1S/C14H15NO2S/c15-9-10-5-7-11(8-6-10)13(14(16)17)18-12-3-1-2-4-12/h5-8,12-13H,1-4H2,(H,16,17)/t13-/m0/s1. The summed E-state index contributed by atoms with van der Waals surface area (Å²) < 4.78 is 0. The molecule has 0 radical (unpaired) electrons. The third-order valence-electron chi connectivity index (χ3n) is 3.20. The Hall–Kier alpha value is -1.47. The maximum absolute atomic E-state index is 11.4. The minimum Gasteiger partial charge on any atom is -0.480 e. The fraction of sp³-hybridized carbons (Fsp3) is 0.429. The molecule has 1 aliphatic carbocycles. The van der Waals surface area contributed by atoms with Gasteiger partial charge in [-0.05, 0) is 30.5 Å². The van der Waals surface area contributed by atoms with E-state index in [-0.39, 0.29) is 0 Å². The number of carboxylic acid groups (broad SMARTS) is 1. The van der Waals surface area contributed by atoms with Gasteiger partial charge in [0.25, 0.3) is 0 Å². The van der Waals surface area contributed by atoms with Crippen molar-refractivity contribution in [1.29, 1.82) is 5.26 Å². The first-order valence-electron chi connectivity index (χ1n) is 6.09. The maximum Gasteiger partial charge on any atom is 0.321 e. The Bertz CT molecular complexity index is 458. The van der Waals surface area contributed by atoms with Crippen molar-refractivity contribution in [2.45, 2.75) is 36.2 Å². The van der Waals surface area contributed by atoms with Crippen LogP contribution in [0.3, 0.4) is 0 Å². The highest BCUT2D eigenvalue weighted by Crippen LogP contribution is 2.39. The molecule has 0 aliphatic heterocycles. The molecule has 3 nitrogen and oxygen atoms in total. The lowest BCUT2D eigenvalue weighted by atomic mass is 10.1. The van der Waals surface area contributed by atoms with Crippen molar-refractivity contribution < 1.29 is 9.90 Å². The number of nitrogens with zero attached hydrogens (tertiary/aromatic N) is 1. The van der Waals surface area contributed by atoms with Crippen LogP contribution in [0.25, 0.3) is 0 Å². The number of hydrogen-bond donors (Lipinski definition) is 1. The molecule has 1 N–H and O–H groups in total. The summed E-state index contributed by atoms with van der Waals surface area (Å²) in [7, 11) is 0. The van der Waals surface area contributed by atoms with Gasteiger partial charge in [0.05, 0.1) is 11.6 Å². The van der Waals surface area contributed by atoms with E-state index in [2.05, 4.69) is 0 Å². The van der Waals surface area contributed by atoms with E-state index in [0.29, 0.717) is 10.8 Å². The van der Waals surface area contributed by atoms with Crippen molar-refractivity contribution in [2.75, 3.05) is 0 Å². The van der Waals surface area contributed by atoms with E-state index in [1.807, 2.05) is 6.07 Å². The molecule has 1 saturated carbocycles. The summed E-state index contributed by atoms with van der Waals surface area (Å²) in [5, 5.41) is 18.0. The normalized spacial score (nSPS) is 17.3. The van der Waals surface area contributed by atoms with Crippen LogP contribution in [0.4, 0.5) is 0 Å². The molecule has 4 heteroatoms. The second-order valence-electron chi connectivity index (χ2n) is 4.49. The Morgan fingerprint density at radius 3 is 2.44 bits per heavy atom. The Kier molecular flexibility index (Phi) is 4.27. The van der Waals surface area contributed by atoms with E-state index in [1.165, 1.54) is 12.8 Å². The number of rotatable bonds is 4. The molecule has 0 amide bonds. The Morgan fingerprint density at radius 2 is 1.94 bits per heavy atom. The molecule has 94 valence electrons. The van der Waals surface area contributed by atoms with Crippen LogP contribution in [0.15, 0.2) is 24.3 Å². The first-order chi connectivity index (χ1) is 8.70. The lowest BCUT2D eigenvalue weighted by Gasteiger charge is -2.16. The predicted octanol–water partition coefficient (Wildman–Crippen LogP) is 3.36. The van der Waals surface area contributed by atoms with E-state index < -0.39 is 11.2 Å². The number of aliphatic carboxylic acids is 1. The first kappa shape index (κ1) is 13.0. The molecule has 0 unspecified atom stereocenters. The average molecular weight is 261 g/mol. The second-order valence-corrected chi connectivity index (χ2v) is 5.90.